The summed E-state index contributed by atoms with van der Waals surface area (Å²) in [7, 11) is 1.67. The van der Waals surface area contributed by atoms with Crippen molar-refractivity contribution in [1.29, 1.82) is 0 Å². The highest BCUT2D eigenvalue weighted by Crippen LogP contribution is 2.42. The maximum absolute atomic E-state index is 6.09. The van der Waals surface area contributed by atoms with Gasteiger partial charge in [0.1, 0.15) is 5.75 Å². The zero-order valence-electron chi connectivity index (χ0n) is 10.1. The Labute approximate surface area is 110 Å². The Morgan fingerprint density at radius 1 is 1.24 bits per heavy atom. The number of anilines is 1. The van der Waals surface area contributed by atoms with Gasteiger partial charge in [0.25, 0.3) is 0 Å². The summed E-state index contributed by atoms with van der Waals surface area (Å²) < 4.78 is 6.44. The molecule has 0 amide bonds. The molecule has 0 aliphatic heterocycles. The van der Waals surface area contributed by atoms with Gasteiger partial charge in [-0.1, -0.05) is 12.1 Å². The summed E-state index contributed by atoms with van der Waals surface area (Å²) in [5, 5.41) is 0.886. The van der Waals surface area contributed by atoms with E-state index in [4.69, 9.17) is 10.5 Å². The van der Waals surface area contributed by atoms with Crippen LogP contribution < -0.4 is 10.5 Å². The number of ether oxygens (including phenoxy) is 1. The molecule has 0 aliphatic carbocycles. The largest absolute Gasteiger partial charge is 0.497 e. The number of nitrogens with two attached hydrogens (primary N) is 1. The molecular weight excluding hydrogens is 250 g/mol. The fraction of sp³-hybridized carbons (Fsp3) is 0.231. The van der Waals surface area contributed by atoms with Crippen molar-refractivity contribution in [3.05, 3.63) is 29.8 Å². The van der Waals surface area contributed by atoms with E-state index in [1.54, 1.807) is 30.2 Å². The first-order valence-corrected chi connectivity index (χ1v) is 7.28. The maximum atomic E-state index is 6.09. The lowest BCUT2D eigenvalue weighted by molar-refractivity contribution is 0.415. The van der Waals surface area contributed by atoms with Crippen molar-refractivity contribution in [3.8, 4) is 16.9 Å². The van der Waals surface area contributed by atoms with Crippen LogP contribution in [0.25, 0.3) is 11.1 Å². The van der Waals surface area contributed by atoms with Crippen molar-refractivity contribution < 1.29 is 4.74 Å². The lowest BCUT2D eigenvalue weighted by atomic mass is 10.0. The average Bonchev–Trinajstić information content (AvgIpc) is 2.64. The summed E-state index contributed by atoms with van der Waals surface area (Å²) in [6, 6.07) is 8.03. The number of thiophene rings is 1. The molecule has 2 N–H and O–H groups in total. The molecule has 0 atom stereocenters. The summed E-state index contributed by atoms with van der Waals surface area (Å²) in [6.07, 6.45) is 2.08. The average molecular weight is 265 g/mol. The molecule has 2 aromatic rings. The molecule has 2 nitrogen and oxygen atoms in total. The van der Waals surface area contributed by atoms with Crippen LogP contribution in [0.15, 0.2) is 28.5 Å². The van der Waals surface area contributed by atoms with Gasteiger partial charge < -0.3 is 10.5 Å². The molecular formula is C13H15NOS2. The predicted octanol–water partition coefficient (Wildman–Crippen LogP) is 4.04. The molecule has 90 valence electrons. The van der Waals surface area contributed by atoms with Gasteiger partial charge in [-0.3, -0.25) is 0 Å². The molecule has 0 saturated carbocycles. The molecule has 0 fully saturated rings. The normalized spacial score (nSPS) is 10.5. The molecule has 0 radical (unpaired) electrons. The highest BCUT2D eigenvalue weighted by atomic mass is 32.2. The number of methoxy groups -OCH3 is 1. The van der Waals surface area contributed by atoms with Crippen LogP contribution in [-0.2, 0) is 0 Å². The van der Waals surface area contributed by atoms with Crippen molar-refractivity contribution >= 4 is 28.1 Å². The van der Waals surface area contributed by atoms with E-state index in [9.17, 15) is 0 Å². The Bertz CT molecular complexity index is 517. The van der Waals surface area contributed by atoms with E-state index in [-0.39, 0.29) is 0 Å². The van der Waals surface area contributed by atoms with E-state index in [0.29, 0.717) is 0 Å². The predicted molar refractivity (Wildman–Crippen MR) is 77.2 cm³/mol. The van der Waals surface area contributed by atoms with Crippen molar-refractivity contribution in [2.75, 3.05) is 19.1 Å². The van der Waals surface area contributed by atoms with Crippen molar-refractivity contribution in [3.63, 3.8) is 0 Å². The van der Waals surface area contributed by atoms with Gasteiger partial charge in [-0.2, -0.15) is 0 Å². The third kappa shape index (κ3) is 2.28. The van der Waals surface area contributed by atoms with Crippen LogP contribution in [0, 0.1) is 6.92 Å². The van der Waals surface area contributed by atoms with Gasteiger partial charge in [-0.25, -0.2) is 0 Å². The van der Waals surface area contributed by atoms with Gasteiger partial charge >= 0.3 is 0 Å². The molecule has 2 rings (SSSR count). The second-order valence-electron chi connectivity index (χ2n) is 3.69. The summed E-state index contributed by atoms with van der Waals surface area (Å²) in [6.45, 7) is 2.12. The van der Waals surface area contributed by atoms with Crippen LogP contribution >= 0.6 is 23.1 Å². The molecule has 0 unspecified atom stereocenters. The fourth-order valence-corrected chi connectivity index (χ4v) is 3.66. The second kappa shape index (κ2) is 5.02. The molecule has 0 aliphatic rings. The molecule has 0 spiro atoms. The Hall–Kier alpha value is -1.13. The Balaban J connectivity index is 2.48. The van der Waals surface area contributed by atoms with Crippen LogP contribution in [0.4, 0.5) is 5.00 Å². The Morgan fingerprint density at radius 2 is 1.88 bits per heavy atom. The lowest BCUT2D eigenvalue weighted by Crippen LogP contribution is -1.87. The topological polar surface area (TPSA) is 35.2 Å². The third-order valence-corrected chi connectivity index (χ3v) is 5.04. The van der Waals surface area contributed by atoms with Crippen LogP contribution in [0.1, 0.15) is 5.56 Å². The first-order valence-electron chi connectivity index (χ1n) is 5.24. The standard InChI is InChI=1S/C13H15NOS2/c1-8-11(12(14)17-13(8)16-3)9-4-6-10(15-2)7-5-9/h4-7H,14H2,1-3H3. The number of nitrogen functional groups attached to an aromatic ring is 1. The minimum absolute atomic E-state index is 0.866. The highest BCUT2D eigenvalue weighted by Gasteiger charge is 2.13. The Kier molecular flexibility index (Phi) is 3.64. The quantitative estimate of drug-likeness (QED) is 0.851. The molecule has 17 heavy (non-hydrogen) atoms. The highest BCUT2D eigenvalue weighted by molar-refractivity contribution is 8.00. The SMILES string of the molecule is COc1ccc(-c2c(N)sc(SC)c2C)cc1. The van der Waals surface area contributed by atoms with Gasteiger partial charge in [0.2, 0.25) is 0 Å². The number of hydrogen-bond donors (Lipinski definition) is 1. The molecule has 1 aromatic carbocycles. The summed E-state index contributed by atoms with van der Waals surface area (Å²) in [5.41, 5.74) is 9.67. The molecule has 0 saturated heterocycles. The van der Waals surface area contributed by atoms with Gasteiger partial charge in [0.15, 0.2) is 0 Å². The summed E-state index contributed by atoms with van der Waals surface area (Å²) in [4.78, 5) is 0. The molecule has 1 heterocycles. The first kappa shape index (κ1) is 12.3. The number of thioether (sulfide) groups is 1. The first-order chi connectivity index (χ1) is 8.17. The third-order valence-electron chi connectivity index (χ3n) is 2.69. The second-order valence-corrected chi connectivity index (χ2v) is 5.81. The van der Waals surface area contributed by atoms with Crippen molar-refractivity contribution in [2.45, 2.75) is 11.1 Å². The van der Waals surface area contributed by atoms with Crippen LogP contribution in [0.3, 0.4) is 0 Å². The minimum Gasteiger partial charge on any atom is -0.497 e. The van der Waals surface area contributed by atoms with Gasteiger partial charge in [0, 0.05) is 5.56 Å². The number of hydrogen-bond acceptors (Lipinski definition) is 4. The van der Waals surface area contributed by atoms with Crippen molar-refractivity contribution in [2.24, 2.45) is 0 Å². The van der Waals surface area contributed by atoms with E-state index in [1.165, 1.54) is 9.77 Å². The van der Waals surface area contributed by atoms with E-state index < -0.39 is 0 Å². The van der Waals surface area contributed by atoms with E-state index in [2.05, 4.69) is 13.2 Å². The molecule has 4 heteroatoms. The summed E-state index contributed by atoms with van der Waals surface area (Å²) >= 11 is 3.40. The van der Waals surface area contributed by atoms with Gasteiger partial charge in [-0.15, -0.1) is 23.1 Å². The lowest BCUT2D eigenvalue weighted by Gasteiger charge is -2.05. The monoisotopic (exact) mass is 265 g/mol. The van der Waals surface area contributed by atoms with Crippen LogP contribution in [0.2, 0.25) is 0 Å². The number of rotatable bonds is 3. The van der Waals surface area contributed by atoms with E-state index in [1.807, 2.05) is 24.3 Å². The van der Waals surface area contributed by atoms with E-state index >= 15 is 0 Å². The van der Waals surface area contributed by atoms with Crippen molar-refractivity contribution in [1.82, 2.24) is 0 Å². The molecule has 1 aromatic heterocycles. The minimum atomic E-state index is 0.866. The summed E-state index contributed by atoms with van der Waals surface area (Å²) in [5.74, 6) is 0.866. The fourth-order valence-electron chi connectivity index (χ4n) is 1.83. The van der Waals surface area contributed by atoms with Crippen LogP contribution in [-0.4, -0.2) is 13.4 Å². The smallest absolute Gasteiger partial charge is 0.118 e. The van der Waals surface area contributed by atoms with Gasteiger partial charge in [-0.05, 0) is 36.4 Å². The zero-order chi connectivity index (χ0) is 12.4. The zero-order valence-corrected chi connectivity index (χ0v) is 11.7. The Morgan fingerprint density at radius 3 is 2.35 bits per heavy atom. The number of benzene rings is 1. The maximum Gasteiger partial charge on any atom is 0.118 e. The van der Waals surface area contributed by atoms with E-state index in [0.717, 1.165) is 21.9 Å². The van der Waals surface area contributed by atoms with Gasteiger partial charge in [0.05, 0.1) is 16.3 Å². The molecule has 0 bridgehead atoms. The van der Waals surface area contributed by atoms with Crippen LogP contribution in [0.5, 0.6) is 5.75 Å².